The van der Waals surface area contributed by atoms with Crippen molar-refractivity contribution in [1.29, 1.82) is 0 Å². The molecular weight excluding hydrogens is 594 g/mol. The molecule has 4 rings (SSSR count). The summed E-state index contributed by atoms with van der Waals surface area (Å²) in [5.74, 6) is -0.436. The number of aromatic nitrogens is 1. The topological polar surface area (TPSA) is 154 Å². The number of benzene rings is 3. The predicted molar refractivity (Wildman–Crippen MR) is 172 cm³/mol. The second-order valence-electron chi connectivity index (χ2n) is 11.0. The molecule has 4 aromatic rings. The van der Waals surface area contributed by atoms with E-state index in [1.54, 1.807) is 6.07 Å². The number of aliphatic hydroxyl groups is 1. The van der Waals surface area contributed by atoms with Crippen LogP contribution in [0.4, 0.5) is 5.69 Å². The number of amides is 2. The standard InChI is InChI=1S/C33H39N5O6S/c1-22-15-29(44-37-22)20-34-21-31(39)30(16-24-11-7-5-8-12-24)36-33(41)27-17-26(18-28(19-27)38(3)45(4,42)43)32(40)35-23(2)25-13-9-6-10-14-25/h5-15,17-19,23,30-31,34,39H,16,20-21H2,1-4H3,(H,35,40)(H,36,41)/t23-,30+,31-/m1/s1. The van der Waals surface area contributed by atoms with Crippen LogP contribution in [0.2, 0.25) is 0 Å². The quantitative estimate of drug-likeness (QED) is 0.165. The van der Waals surface area contributed by atoms with Gasteiger partial charge in [0.15, 0.2) is 5.76 Å². The molecule has 12 heteroatoms. The molecule has 0 radical (unpaired) electrons. The van der Waals surface area contributed by atoms with Crippen LogP contribution < -0.4 is 20.3 Å². The SMILES string of the molecule is Cc1cc(CNC[C@@H](O)[C@H](Cc2ccccc2)NC(=O)c2cc(C(=O)N[C@H](C)c3ccccc3)cc(N(C)S(C)(=O)=O)c2)on1. The van der Waals surface area contributed by atoms with Crippen LogP contribution in [0.3, 0.4) is 0 Å². The van der Waals surface area contributed by atoms with Crippen LogP contribution in [-0.2, 0) is 23.0 Å². The summed E-state index contributed by atoms with van der Waals surface area (Å²) in [4.78, 5) is 27.1. The first kappa shape index (κ1) is 33.4. The van der Waals surface area contributed by atoms with Crippen molar-refractivity contribution in [3.63, 3.8) is 0 Å². The molecular formula is C33H39N5O6S. The van der Waals surface area contributed by atoms with E-state index in [1.807, 2.05) is 74.5 Å². The van der Waals surface area contributed by atoms with Gasteiger partial charge in [-0.05, 0) is 49.6 Å². The molecule has 0 fully saturated rings. The van der Waals surface area contributed by atoms with Crippen LogP contribution in [0.25, 0.3) is 0 Å². The highest BCUT2D eigenvalue weighted by atomic mass is 32.2. The monoisotopic (exact) mass is 633 g/mol. The van der Waals surface area contributed by atoms with E-state index in [-0.39, 0.29) is 29.4 Å². The predicted octanol–water partition coefficient (Wildman–Crippen LogP) is 3.36. The zero-order valence-corrected chi connectivity index (χ0v) is 26.5. The number of nitrogens with zero attached hydrogens (tertiary/aromatic N) is 2. The minimum absolute atomic E-state index is 0.0656. The van der Waals surface area contributed by atoms with Crippen molar-refractivity contribution in [2.75, 3.05) is 24.2 Å². The van der Waals surface area contributed by atoms with E-state index in [1.165, 1.54) is 25.2 Å². The van der Waals surface area contributed by atoms with Crippen molar-refractivity contribution in [3.8, 4) is 0 Å². The lowest BCUT2D eigenvalue weighted by molar-refractivity contribution is 0.0828. The Balaban J connectivity index is 1.58. The molecule has 0 aliphatic rings. The first-order chi connectivity index (χ1) is 21.4. The van der Waals surface area contributed by atoms with Gasteiger partial charge in [-0.3, -0.25) is 13.9 Å². The van der Waals surface area contributed by atoms with Crippen molar-refractivity contribution >= 4 is 27.5 Å². The van der Waals surface area contributed by atoms with E-state index < -0.39 is 34.0 Å². The fraction of sp³-hybridized carbons (Fsp3) is 0.303. The molecule has 0 saturated heterocycles. The first-order valence-corrected chi connectivity index (χ1v) is 16.4. The summed E-state index contributed by atoms with van der Waals surface area (Å²) < 4.78 is 31.0. The minimum atomic E-state index is -3.71. The highest BCUT2D eigenvalue weighted by molar-refractivity contribution is 7.92. The van der Waals surface area contributed by atoms with Gasteiger partial charge in [-0.25, -0.2) is 8.42 Å². The smallest absolute Gasteiger partial charge is 0.251 e. The van der Waals surface area contributed by atoms with Crippen molar-refractivity contribution in [2.24, 2.45) is 0 Å². The zero-order chi connectivity index (χ0) is 32.6. The lowest BCUT2D eigenvalue weighted by Gasteiger charge is -2.25. The Morgan fingerprint density at radius 1 is 0.933 bits per heavy atom. The molecule has 238 valence electrons. The van der Waals surface area contributed by atoms with Crippen LogP contribution >= 0.6 is 0 Å². The number of hydrogen-bond acceptors (Lipinski definition) is 8. The highest BCUT2D eigenvalue weighted by Gasteiger charge is 2.25. The molecule has 4 N–H and O–H groups in total. The van der Waals surface area contributed by atoms with Crippen molar-refractivity contribution < 1.29 is 27.6 Å². The maximum atomic E-state index is 13.7. The number of nitrogens with one attached hydrogen (secondary N) is 3. The third-order valence-corrected chi connectivity index (χ3v) is 8.57. The zero-order valence-electron chi connectivity index (χ0n) is 25.7. The summed E-state index contributed by atoms with van der Waals surface area (Å²) in [6.07, 6.45) is 0.354. The number of carbonyl (C=O) groups is 2. The Labute approximate surface area is 263 Å². The van der Waals surface area contributed by atoms with E-state index >= 15 is 0 Å². The number of aryl methyl sites for hydroxylation is 1. The van der Waals surface area contributed by atoms with E-state index in [9.17, 15) is 23.1 Å². The van der Waals surface area contributed by atoms with E-state index in [4.69, 9.17) is 4.52 Å². The Morgan fingerprint density at radius 2 is 1.53 bits per heavy atom. The number of aliphatic hydroxyl groups excluding tert-OH is 1. The van der Waals surface area contributed by atoms with Gasteiger partial charge in [-0.1, -0.05) is 65.8 Å². The van der Waals surface area contributed by atoms with Crippen molar-refractivity contribution in [3.05, 3.63) is 119 Å². The molecule has 2 amide bonds. The molecule has 1 heterocycles. The van der Waals surface area contributed by atoms with E-state index in [2.05, 4.69) is 21.1 Å². The molecule has 3 atom stereocenters. The highest BCUT2D eigenvalue weighted by Crippen LogP contribution is 2.22. The number of sulfonamides is 1. The second-order valence-corrected chi connectivity index (χ2v) is 13.0. The number of carbonyl (C=O) groups excluding carboxylic acids is 2. The largest absolute Gasteiger partial charge is 0.390 e. The van der Waals surface area contributed by atoms with Gasteiger partial charge in [0.05, 0.1) is 42.4 Å². The van der Waals surface area contributed by atoms with Crippen molar-refractivity contribution in [1.82, 2.24) is 21.1 Å². The average molecular weight is 634 g/mol. The van der Waals surface area contributed by atoms with Gasteiger partial charge in [0.1, 0.15) is 0 Å². The van der Waals surface area contributed by atoms with Gasteiger partial charge >= 0.3 is 0 Å². The summed E-state index contributed by atoms with van der Waals surface area (Å²) in [5, 5.41) is 24.0. The lowest BCUT2D eigenvalue weighted by Crippen LogP contribution is -2.48. The Kier molecular flexibility index (Phi) is 11.1. The van der Waals surface area contributed by atoms with E-state index in [0.717, 1.165) is 27.4 Å². The van der Waals surface area contributed by atoms with Gasteiger partial charge in [-0.2, -0.15) is 0 Å². The van der Waals surface area contributed by atoms with Gasteiger partial charge in [0.25, 0.3) is 11.8 Å². The number of rotatable bonds is 14. The summed E-state index contributed by atoms with van der Waals surface area (Å²) in [6, 6.07) is 23.8. The summed E-state index contributed by atoms with van der Waals surface area (Å²) in [7, 11) is -2.35. The molecule has 0 saturated carbocycles. The van der Waals surface area contributed by atoms with Gasteiger partial charge < -0.3 is 25.6 Å². The fourth-order valence-corrected chi connectivity index (χ4v) is 5.23. The molecule has 0 aliphatic carbocycles. The Hall–Kier alpha value is -4.52. The third kappa shape index (κ3) is 9.48. The molecule has 3 aromatic carbocycles. The van der Waals surface area contributed by atoms with Crippen LogP contribution in [0.15, 0.2) is 89.5 Å². The Morgan fingerprint density at radius 3 is 2.11 bits per heavy atom. The molecule has 0 aliphatic heterocycles. The van der Waals surface area contributed by atoms with Crippen molar-refractivity contribution in [2.45, 2.75) is 45.0 Å². The molecule has 1 aromatic heterocycles. The number of hydrogen-bond donors (Lipinski definition) is 4. The van der Waals surface area contributed by atoms with Crippen LogP contribution in [0.1, 0.15) is 56.3 Å². The van der Waals surface area contributed by atoms with Crippen LogP contribution in [0.5, 0.6) is 0 Å². The van der Waals surface area contributed by atoms with Gasteiger partial charge in [-0.15, -0.1) is 0 Å². The summed E-state index contributed by atoms with van der Waals surface area (Å²) >= 11 is 0. The summed E-state index contributed by atoms with van der Waals surface area (Å²) in [6.45, 7) is 4.12. The molecule has 0 unspecified atom stereocenters. The maximum absolute atomic E-state index is 13.7. The van der Waals surface area contributed by atoms with Crippen LogP contribution in [0, 0.1) is 6.92 Å². The maximum Gasteiger partial charge on any atom is 0.251 e. The third-order valence-electron chi connectivity index (χ3n) is 7.36. The first-order valence-electron chi connectivity index (χ1n) is 14.5. The van der Waals surface area contributed by atoms with Gasteiger partial charge in [0.2, 0.25) is 10.0 Å². The summed E-state index contributed by atoms with van der Waals surface area (Å²) in [5.41, 5.74) is 2.85. The molecule has 0 spiro atoms. The van der Waals surface area contributed by atoms with Gasteiger partial charge in [0, 0.05) is 30.8 Å². The minimum Gasteiger partial charge on any atom is -0.390 e. The van der Waals surface area contributed by atoms with E-state index in [0.29, 0.717) is 18.7 Å². The Bertz CT molecular complexity index is 1700. The van der Waals surface area contributed by atoms with Crippen LogP contribution in [-0.4, -0.2) is 62.5 Å². The lowest BCUT2D eigenvalue weighted by atomic mass is 10.00. The molecule has 0 bridgehead atoms. The average Bonchev–Trinajstić information content (AvgIpc) is 3.44. The normalized spacial score (nSPS) is 13.4. The molecule has 45 heavy (non-hydrogen) atoms. The number of anilines is 1. The second kappa shape index (κ2) is 15.0. The molecule has 11 nitrogen and oxygen atoms in total. The fourth-order valence-electron chi connectivity index (χ4n) is 4.74.